The number of phenolic OH excluding ortho intramolecular Hbond substituents is 2. The molecule has 212 valence electrons. The molecule has 0 amide bonds. The molecule has 3 N–H and O–H groups in total. The van der Waals surface area contributed by atoms with Crippen molar-refractivity contribution >= 4 is 11.8 Å². The van der Waals surface area contributed by atoms with Gasteiger partial charge in [-0.15, -0.1) is 0 Å². The lowest BCUT2D eigenvalue weighted by atomic mass is 9.82. The number of hydrogen-bond acceptors (Lipinski definition) is 11. The Morgan fingerprint density at radius 2 is 1.62 bits per heavy atom. The van der Waals surface area contributed by atoms with Crippen molar-refractivity contribution in [3.05, 3.63) is 63.5 Å². The number of aryl methyl sites for hydroxylation is 1. The molecule has 2 atom stereocenters. The Labute approximate surface area is 230 Å². The van der Waals surface area contributed by atoms with Crippen LogP contribution >= 0.6 is 0 Å². The maximum atomic E-state index is 12.7. The quantitative estimate of drug-likeness (QED) is 0.260. The molecule has 0 radical (unpaired) electrons. The minimum absolute atomic E-state index is 0.0982. The summed E-state index contributed by atoms with van der Waals surface area (Å²) < 4.78 is 27.3. The Bertz CT molecular complexity index is 1480. The number of hydrogen-bond donors (Lipinski definition) is 3. The van der Waals surface area contributed by atoms with E-state index in [4.69, 9.17) is 23.7 Å². The Morgan fingerprint density at radius 3 is 2.23 bits per heavy atom. The number of carbonyl (C=O) groups excluding carboxylic acids is 2. The standard InChI is InChI=1S/C29H31NO10/c1-13-26(33)24-15(11-30-13)12-40-29(24)19-7-16(14(2)31)27(34)25(28(19)35)18(9-23(32)39-6)17-8-21(37-4)22(38-5)10-20(17)36-3/h7-8,10-11,18,29,33-35H,9,12H2,1-6H3/t18-,29+/m1/s1. The number of pyridine rings is 1. The van der Waals surface area contributed by atoms with Gasteiger partial charge in [0.15, 0.2) is 17.3 Å². The van der Waals surface area contributed by atoms with Crippen molar-refractivity contribution in [3.63, 3.8) is 0 Å². The fraction of sp³-hybridized carbons (Fsp3) is 0.345. The van der Waals surface area contributed by atoms with E-state index >= 15 is 0 Å². The summed E-state index contributed by atoms with van der Waals surface area (Å²) in [4.78, 5) is 29.5. The lowest BCUT2D eigenvalue weighted by Gasteiger charge is -2.26. The summed E-state index contributed by atoms with van der Waals surface area (Å²) in [5.41, 5.74) is 1.59. The highest BCUT2D eigenvalue weighted by atomic mass is 16.5. The molecule has 11 nitrogen and oxygen atoms in total. The zero-order chi connectivity index (χ0) is 29.3. The number of nitrogens with zero attached hydrogens (tertiary/aromatic N) is 1. The molecule has 0 bridgehead atoms. The van der Waals surface area contributed by atoms with Gasteiger partial charge in [-0.2, -0.15) is 0 Å². The van der Waals surface area contributed by atoms with Gasteiger partial charge in [-0.05, 0) is 26.0 Å². The number of rotatable bonds is 9. The molecule has 11 heteroatoms. The van der Waals surface area contributed by atoms with Crippen LogP contribution in [0.3, 0.4) is 0 Å². The second kappa shape index (κ2) is 11.3. The molecule has 2 heterocycles. The van der Waals surface area contributed by atoms with E-state index in [0.29, 0.717) is 33.9 Å². The number of Topliss-reactive ketones (excluding diaryl/α,β-unsaturated/α-hetero) is 1. The van der Waals surface area contributed by atoms with E-state index in [1.165, 1.54) is 41.4 Å². The smallest absolute Gasteiger partial charge is 0.306 e. The molecule has 0 unspecified atom stereocenters. The highest BCUT2D eigenvalue weighted by molar-refractivity contribution is 5.98. The molecule has 1 aliphatic heterocycles. The second-order valence-electron chi connectivity index (χ2n) is 9.28. The first-order chi connectivity index (χ1) is 19.1. The Morgan fingerprint density at radius 1 is 0.975 bits per heavy atom. The van der Waals surface area contributed by atoms with E-state index in [9.17, 15) is 24.9 Å². The molecule has 0 saturated carbocycles. The summed E-state index contributed by atoms with van der Waals surface area (Å²) in [6.45, 7) is 2.99. The minimum atomic E-state index is -1.08. The van der Waals surface area contributed by atoms with E-state index in [1.54, 1.807) is 25.3 Å². The third-order valence-electron chi connectivity index (χ3n) is 7.08. The number of aromatic nitrogens is 1. The van der Waals surface area contributed by atoms with Crippen LogP contribution in [-0.2, 0) is 20.9 Å². The van der Waals surface area contributed by atoms with E-state index in [1.807, 2.05) is 0 Å². The monoisotopic (exact) mass is 553 g/mol. The molecule has 1 aliphatic rings. The van der Waals surface area contributed by atoms with Crippen molar-refractivity contribution in [1.82, 2.24) is 4.98 Å². The first kappa shape index (κ1) is 28.5. The lowest BCUT2D eigenvalue weighted by Crippen LogP contribution is -2.14. The summed E-state index contributed by atoms with van der Waals surface area (Å²) in [6, 6.07) is 4.44. The number of phenols is 2. The normalized spacial score (nSPS) is 14.8. The van der Waals surface area contributed by atoms with Crippen molar-refractivity contribution in [2.75, 3.05) is 28.4 Å². The zero-order valence-electron chi connectivity index (χ0n) is 23.0. The van der Waals surface area contributed by atoms with E-state index in [0.717, 1.165) is 0 Å². The molecule has 0 aliphatic carbocycles. The van der Waals surface area contributed by atoms with Gasteiger partial charge in [0, 0.05) is 46.0 Å². The molecule has 1 aromatic heterocycles. The molecular weight excluding hydrogens is 522 g/mol. The van der Waals surface area contributed by atoms with Crippen molar-refractivity contribution in [1.29, 1.82) is 0 Å². The fourth-order valence-electron chi connectivity index (χ4n) is 5.01. The maximum absolute atomic E-state index is 12.7. The summed E-state index contributed by atoms with van der Waals surface area (Å²) >= 11 is 0. The van der Waals surface area contributed by atoms with E-state index in [2.05, 4.69) is 4.98 Å². The highest BCUT2D eigenvalue weighted by Crippen LogP contribution is 2.52. The summed E-state index contributed by atoms with van der Waals surface area (Å²) in [5.74, 6) is -2.37. The summed E-state index contributed by atoms with van der Waals surface area (Å²) in [7, 11) is 5.52. The number of ether oxygens (including phenoxy) is 5. The third kappa shape index (κ3) is 4.84. The van der Waals surface area contributed by atoms with Crippen LogP contribution in [0.15, 0.2) is 24.4 Å². The van der Waals surface area contributed by atoms with Crippen LogP contribution < -0.4 is 14.2 Å². The van der Waals surface area contributed by atoms with Crippen LogP contribution in [0.1, 0.15) is 69.2 Å². The van der Waals surface area contributed by atoms with Gasteiger partial charge in [0.05, 0.1) is 52.7 Å². The van der Waals surface area contributed by atoms with Gasteiger partial charge in [0.2, 0.25) is 0 Å². The number of methoxy groups -OCH3 is 4. The van der Waals surface area contributed by atoms with Crippen LogP contribution in [0.4, 0.5) is 0 Å². The lowest BCUT2D eigenvalue weighted by molar-refractivity contribution is -0.140. The number of benzene rings is 2. The van der Waals surface area contributed by atoms with Gasteiger partial charge in [0.25, 0.3) is 0 Å². The fourth-order valence-corrected chi connectivity index (χ4v) is 5.01. The molecule has 3 aromatic rings. The molecular formula is C29H31NO10. The Hall–Kier alpha value is -4.51. The van der Waals surface area contributed by atoms with Crippen molar-refractivity contribution < 1.29 is 48.6 Å². The second-order valence-corrected chi connectivity index (χ2v) is 9.28. The Kier molecular flexibility index (Phi) is 8.06. The number of aromatic hydroxyl groups is 3. The van der Waals surface area contributed by atoms with Gasteiger partial charge in [-0.25, -0.2) is 0 Å². The van der Waals surface area contributed by atoms with Gasteiger partial charge >= 0.3 is 5.97 Å². The van der Waals surface area contributed by atoms with Crippen molar-refractivity contribution in [3.8, 4) is 34.5 Å². The minimum Gasteiger partial charge on any atom is -0.507 e. The first-order valence-electron chi connectivity index (χ1n) is 12.3. The first-order valence-corrected chi connectivity index (χ1v) is 12.3. The van der Waals surface area contributed by atoms with Gasteiger partial charge in [0.1, 0.15) is 29.1 Å². The topological polar surface area (TPSA) is 154 Å². The average molecular weight is 554 g/mol. The van der Waals surface area contributed by atoms with Crippen LogP contribution in [0.2, 0.25) is 0 Å². The number of esters is 1. The van der Waals surface area contributed by atoms with E-state index < -0.39 is 35.3 Å². The molecule has 0 spiro atoms. The van der Waals surface area contributed by atoms with Gasteiger partial charge in [-0.1, -0.05) is 0 Å². The van der Waals surface area contributed by atoms with E-state index in [-0.39, 0.29) is 41.2 Å². The van der Waals surface area contributed by atoms with Crippen LogP contribution in [0, 0.1) is 6.92 Å². The largest absolute Gasteiger partial charge is 0.507 e. The molecule has 0 fully saturated rings. The zero-order valence-corrected chi connectivity index (χ0v) is 23.0. The summed E-state index contributed by atoms with van der Waals surface area (Å²) in [5, 5.41) is 33.9. The maximum Gasteiger partial charge on any atom is 0.306 e. The molecule has 2 aromatic carbocycles. The number of carbonyl (C=O) groups is 2. The third-order valence-corrected chi connectivity index (χ3v) is 7.08. The van der Waals surface area contributed by atoms with Gasteiger partial charge < -0.3 is 39.0 Å². The number of ketones is 1. The van der Waals surface area contributed by atoms with Crippen LogP contribution in [0.25, 0.3) is 0 Å². The van der Waals surface area contributed by atoms with Gasteiger partial charge in [-0.3, -0.25) is 14.6 Å². The Balaban J connectivity index is 2.05. The summed E-state index contributed by atoms with van der Waals surface area (Å²) in [6.07, 6.45) is 0.240. The molecule has 4 rings (SSSR count). The van der Waals surface area contributed by atoms with Crippen LogP contribution in [0.5, 0.6) is 34.5 Å². The molecule has 0 saturated heterocycles. The SMILES string of the molecule is COC(=O)C[C@H](c1cc(OC)c(OC)cc1OC)c1c(O)c(C(C)=O)cc([C@@H]2OCc3cnc(C)c(O)c32)c1O. The van der Waals surface area contributed by atoms with Crippen molar-refractivity contribution in [2.45, 2.75) is 38.9 Å². The predicted molar refractivity (Wildman–Crippen MR) is 142 cm³/mol. The highest BCUT2D eigenvalue weighted by Gasteiger charge is 2.37. The average Bonchev–Trinajstić information content (AvgIpc) is 3.37. The predicted octanol–water partition coefficient (Wildman–Crippen LogP) is 4.05. The molecule has 40 heavy (non-hydrogen) atoms. The van der Waals surface area contributed by atoms with Crippen LogP contribution in [-0.4, -0.2) is 60.5 Å². The van der Waals surface area contributed by atoms with Crippen molar-refractivity contribution in [2.24, 2.45) is 0 Å². The number of fused-ring (bicyclic) bond motifs is 1.